The lowest BCUT2D eigenvalue weighted by Gasteiger charge is -2.34. The molecule has 1 saturated heterocycles. The minimum Gasteiger partial charge on any atom is -0.496 e. The highest BCUT2D eigenvalue weighted by molar-refractivity contribution is 14.0. The van der Waals surface area contributed by atoms with Gasteiger partial charge in [-0.25, -0.2) is 4.99 Å². The summed E-state index contributed by atoms with van der Waals surface area (Å²) in [6.45, 7) is 7.78. The smallest absolute Gasteiger partial charge is 0.194 e. The van der Waals surface area contributed by atoms with E-state index in [2.05, 4.69) is 35.8 Å². The third-order valence-electron chi connectivity index (χ3n) is 4.41. The first-order chi connectivity index (χ1) is 12.7. The van der Waals surface area contributed by atoms with Gasteiger partial charge in [-0.05, 0) is 19.4 Å². The summed E-state index contributed by atoms with van der Waals surface area (Å²) >= 11 is 2.06. The summed E-state index contributed by atoms with van der Waals surface area (Å²) in [6.07, 6.45) is 1.18. The van der Waals surface area contributed by atoms with Gasteiger partial charge in [0.05, 0.1) is 27.9 Å². The average Bonchev–Trinajstić information content (AvgIpc) is 2.70. The molecule has 0 bridgehead atoms. The van der Waals surface area contributed by atoms with Crippen molar-refractivity contribution in [3.8, 4) is 17.2 Å². The van der Waals surface area contributed by atoms with Gasteiger partial charge in [-0.2, -0.15) is 11.8 Å². The molecule has 8 heteroatoms. The molecule has 1 aliphatic heterocycles. The van der Waals surface area contributed by atoms with E-state index in [1.807, 2.05) is 12.1 Å². The zero-order valence-electron chi connectivity index (χ0n) is 16.9. The highest BCUT2D eigenvalue weighted by atomic mass is 127. The molecule has 1 aromatic rings. The van der Waals surface area contributed by atoms with E-state index in [0.29, 0.717) is 23.3 Å². The van der Waals surface area contributed by atoms with E-state index in [1.54, 1.807) is 21.3 Å². The highest BCUT2D eigenvalue weighted by Gasteiger charge is 2.21. The Kier molecular flexibility index (Phi) is 11.1. The van der Waals surface area contributed by atoms with Gasteiger partial charge < -0.3 is 24.4 Å². The van der Waals surface area contributed by atoms with E-state index in [0.717, 1.165) is 42.7 Å². The molecule has 6 nitrogen and oxygen atoms in total. The van der Waals surface area contributed by atoms with Crippen molar-refractivity contribution in [1.82, 2.24) is 10.2 Å². The second-order valence-corrected chi connectivity index (χ2v) is 7.44. The Hall–Kier alpha value is -1.03. The van der Waals surface area contributed by atoms with Gasteiger partial charge in [0.25, 0.3) is 0 Å². The van der Waals surface area contributed by atoms with Crippen LogP contribution in [0.15, 0.2) is 17.1 Å². The fourth-order valence-electron chi connectivity index (χ4n) is 2.96. The van der Waals surface area contributed by atoms with Crippen LogP contribution in [-0.4, -0.2) is 62.8 Å². The molecule has 1 aliphatic rings. The summed E-state index contributed by atoms with van der Waals surface area (Å²) in [5.41, 5.74) is 0.971. The van der Waals surface area contributed by atoms with Gasteiger partial charge in [0.2, 0.25) is 0 Å². The van der Waals surface area contributed by atoms with Gasteiger partial charge in [0.15, 0.2) is 17.5 Å². The Morgan fingerprint density at radius 3 is 2.41 bits per heavy atom. The second-order valence-electron chi connectivity index (χ2n) is 6.04. The minimum absolute atomic E-state index is 0. The van der Waals surface area contributed by atoms with Crippen LogP contribution in [0.5, 0.6) is 17.2 Å². The van der Waals surface area contributed by atoms with Crippen molar-refractivity contribution < 1.29 is 14.2 Å². The average molecular weight is 509 g/mol. The predicted molar refractivity (Wildman–Crippen MR) is 124 cm³/mol. The monoisotopic (exact) mass is 509 g/mol. The molecule has 0 aliphatic carbocycles. The molecule has 0 amide bonds. The maximum atomic E-state index is 5.52. The van der Waals surface area contributed by atoms with Gasteiger partial charge in [0, 0.05) is 42.3 Å². The molecule has 1 aromatic carbocycles. The Bertz CT molecular complexity index is 616. The maximum absolute atomic E-state index is 5.52. The Morgan fingerprint density at radius 2 is 1.81 bits per heavy atom. The van der Waals surface area contributed by atoms with Crippen molar-refractivity contribution in [3.05, 3.63) is 17.7 Å². The number of hydrogen-bond acceptors (Lipinski definition) is 5. The maximum Gasteiger partial charge on any atom is 0.194 e. The van der Waals surface area contributed by atoms with Crippen LogP contribution in [0.4, 0.5) is 0 Å². The van der Waals surface area contributed by atoms with Gasteiger partial charge in [-0.1, -0.05) is 6.92 Å². The van der Waals surface area contributed by atoms with Crippen molar-refractivity contribution in [1.29, 1.82) is 0 Å². The number of benzene rings is 1. The number of thioether (sulfide) groups is 1. The number of guanidine groups is 1. The molecule has 1 heterocycles. The zero-order chi connectivity index (χ0) is 18.9. The molecule has 0 aromatic heterocycles. The molecule has 154 valence electrons. The first-order valence-corrected chi connectivity index (χ1v) is 10.1. The van der Waals surface area contributed by atoms with Gasteiger partial charge in [-0.3, -0.25) is 0 Å². The summed E-state index contributed by atoms with van der Waals surface area (Å²) in [5, 5.41) is 4.10. The number of aliphatic imine (C=N–C) groups is 1. The number of rotatable bonds is 7. The number of methoxy groups -OCH3 is 3. The first-order valence-electron chi connectivity index (χ1n) is 9.10. The molecular weight excluding hydrogens is 477 g/mol. The zero-order valence-corrected chi connectivity index (χ0v) is 20.1. The molecular formula is C19H32IN3O3S. The molecule has 1 fully saturated rings. The van der Waals surface area contributed by atoms with Gasteiger partial charge in [0.1, 0.15) is 5.75 Å². The number of nitrogens with one attached hydrogen (secondary N) is 1. The van der Waals surface area contributed by atoms with Crippen LogP contribution in [0.2, 0.25) is 0 Å². The third-order valence-corrected chi connectivity index (χ3v) is 5.79. The van der Waals surface area contributed by atoms with E-state index in [4.69, 9.17) is 19.2 Å². The lowest BCUT2D eigenvalue weighted by molar-refractivity contribution is 0.347. The molecule has 0 spiro atoms. The van der Waals surface area contributed by atoms with E-state index in [9.17, 15) is 0 Å². The molecule has 2 rings (SSSR count). The number of halogens is 1. The van der Waals surface area contributed by atoms with Gasteiger partial charge in [-0.15, -0.1) is 24.0 Å². The SMILES string of the molecule is CCNC(=NCc1cc(OC)c(OC)cc1OC)N1CCSC(CC)C1.I. The highest BCUT2D eigenvalue weighted by Crippen LogP contribution is 2.35. The third kappa shape index (κ3) is 6.51. The first kappa shape index (κ1) is 24.0. The van der Waals surface area contributed by atoms with Crippen molar-refractivity contribution in [2.24, 2.45) is 4.99 Å². The van der Waals surface area contributed by atoms with Crippen LogP contribution in [0.1, 0.15) is 25.8 Å². The fourth-order valence-corrected chi connectivity index (χ4v) is 4.14. The van der Waals surface area contributed by atoms with Crippen LogP contribution >= 0.6 is 35.7 Å². The summed E-state index contributed by atoms with van der Waals surface area (Å²) < 4.78 is 16.3. The predicted octanol–water partition coefficient (Wildman–Crippen LogP) is 3.62. The van der Waals surface area contributed by atoms with Crippen molar-refractivity contribution >= 4 is 41.7 Å². The number of ether oxygens (including phenoxy) is 3. The Morgan fingerprint density at radius 1 is 1.15 bits per heavy atom. The van der Waals surface area contributed by atoms with Crippen LogP contribution < -0.4 is 19.5 Å². The van der Waals surface area contributed by atoms with E-state index in [1.165, 1.54) is 6.42 Å². The molecule has 0 saturated carbocycles. The minimum atomic E-state index is 0. The summed E-state index contributed by atoms with van der Waals surface area (Å²) in [4.78, 5) is 7.22. The van der Waals surface area contributed by atoms with Crippen LogP contribution in [0.3, 0.4) is 0 Å². The van der Waals surface area contributed by atoms with Crippen LogP contribution in [0.25, 0.3) is 0 Å². The summed E-state index contributed by atoms with van der Waals surface area (Å²) in [7, 11) is 4.92. The lowest BCUT2D eigenvalue weighted by Crippen LogP contribution is -2.48. The molecule has 0 radical (unpaired) electrons. The summed E-state index contributed by atoms with van der Waals surface area (Å²) in [6, 6.07) is 3.78. The molecule has 27 heavy (non-hydrogen) atoms. The molecule has 1 unspecified atom stereocenters. The Labute approximate surface area is 184 Å². The fraction of sp³-hybridized carbons (Fsp3) is 0.632. The van der Waals surface area contributed by atoms with Crippen molar-refractivity contribution in [3.63, 3.8) is 0 Å². The number of hydrogen-bond donors (Lipinski definition) is 1. The van der Waals surface area contributed by atoms with Gasteiger partial charge >= 0.3 is 0 Å². The van der Waals surface area contributed by atoms with Crippen molar-refractivity contribution in [2.75, 3.05) is 46.7 Å². The largest absolute Gasteiger partial charge is 0.496 e. The number of nitrogens with zero attached hydrogens (tertiary/aromatic N) is 2. The normalized spacial score (nSPS) is 17.1. The Balaban J connectivity index is 0.00000364. The standard InChI is InChI=1S/C19H31N3O3S.HI/c1-6-15-13-22(8-9-26-15)19(20-7-2)21-12-14-10-17(24-4)18(25-5)11-16(14)23-3;/h10-11,15H,6-9,12-13H2,1-5H3,(H,20,21);1H. The summed E-state index contributed by atoms with van der Waals surface area (Å²) in [5.74, 6) is 4.19. The van der Waals surface area contributed by atoms with Crippen LogP contribution in [0, 0.1) is 0 Å². The van der Waals surface area contributed by atoms with Crippen molar-refractivity contribution in [2.45, 2.75) is 32.1 Å². The van der Waals surface area contributed by atoms with E-state index >= 15 is 0 Å². The van der Waals surface area contributed by atoms with E-state index in [-0.39, 0.29) is 24.0 Å². The quantitative estimate of drug-likeness (QED) is 0.344. The van der Waals surface area contributed by atoms with Crippen LogP contribution in [-0.2, 0) is 6.54 Å². The van der Waals surface area contributed by atoms with E-state index < -0.39 is 0 Å². The lowest BCUT2D eigenvalue weighted by atomic mass is 10.1. The second kappa shape index (κ2) is 12.4. The molecule has 1 N–H and O–H groups in total. The molecule has 1 atom stereocenters. The topological polar surface area (TPSA) is 55.3 Å².